The third kappa shape index (κ3) is 3.54. The van der Waals surface area contributed by atoms with Crippen LogP contribution in [0.2, 0.25) is 0 Å². The van der Waals surface area contributed by atoms with Gasteiger partial charge in [-0.25, -0.2) is 8.42 Å². The molecule has 132 valence electrons. The van der Waals surface area contributed by atoms with Crippen LogP contribution in [0.1, 0.15) is 19.3 Å². The Kier molecular flexibility index (Phi) is 4.52. The van der Waals surface area contributed by atoms with Crippen LogP contribution in [-0.2, 0) is 14.6 Å². The van der Waals surface area contributed by atoms with Crippen LogP contribution >= 0.6 is 11.3 Å². The number of amides is 1. The predicted molar refractivity (Wildman–Crippen MR) is 90.2 cm³/mol. The van der Waals surface area contributed by atoms with Crippen molar-refractivity contribution in [2.75, 3.05) is 37.3 Å². The van der Waals surface area contributed by atoms with Crippen molar-refractivity contribution in [3.05, 3.63) is 16.2 Å². The highest BCUT2D eigenvalue weighted by Gasteiger charge is 2.35. The summed E-state index contributed by atoms with van der Waals surface area (Å²) < 4.78 is 23.4. The SMILES string of the molecule is CS(=O)(=O)c1cc([N+](=O)[O-])c(N2CCCN(C(=O)C3CC3)CC2)s1. The van der Waals surface area contributed by atoms with E-state index in [0.29, 0.717) is 37.6 Å². The van der Waals surface area contributed by atoms with Gasteiger partial charge < -0.3 is 9.80 Å². The van der Waals surface area contributed by atoms with Crippen LogP contribution in [0, 0.1) is 16.0 Å². The number of hydrogen-bond acceptors (Lipinski definition) is 7. The van der Waals surface area contributed by atoms with Gasteiger partial charge in [-0.1, -0.05) is 11.3 Å². The summed E-state index contributed by atoms with van der Waals surface area (Å²) >= 11 is 0.932. The second-order valence-electron chi connectivity index (χ2n) is 6.23. The van der Waals surface area contributed by atoms with Gasteiger partial charge >= 0.3 is 5.69 Å². The molecule has 1 saturated heterocycles. The Morgan fingerprint density at radius 3 is 2.58 bits per heavy atom. The largest absolute Gasteiger partial charge is 0.356 e. The fourth-order valence-corrected chi connectivity index (χ4v) is 4.90. The maximum absolute atomic E-state index is 12.2. The van der Waals surface area contributed by atoms with Crippen molar-refractivity contribution in [3.8, 4) is 0 Å². The highest BCUT2D eigenvalue weighted by Crippen LogP contribution is 2.40. The van der Waals surface area contributed by atoms with E-state index in [2.05, 4.69) is 0 Å². The van der Waals surface area contributed by atoms with Gasteiger partial charge in [-0.2, -0.15) is 0 Å². The summed E-state index contributed by atoms with van der Waals surface area (Å²) in [4.78, 5) is 26.6. The van der Waals surface area contributed by atoms with Crippen molar-refractivity contribution < 1.29 is 18.1 Å². The summed E-state index contributed by atoms with van der Waals surface area (Å²) in [6.07, 6.45) is 3.66. The molecule has 0 spiro atoms. The van der Waals surface area contributed by atoms with Crippen LogP contribution in [0.3, 0.4) is 0 Å². The van der Waals surface area contributed by atoms with Crippen LogP contribution in [0.15, 0.2) is 10.3 Å². The average Bonchev–Trinajstić information content (AvgIpc) is 3.28. The van der Waals surface area contributed by atoms with Crippen LogP contribution in [-0.4, -0.2) is 56.6 Å². The first kappa shape index (κ1) is 17.2. The number of rotatable bonds is 4. The minimum Gasteiger partial charge on any atom is -0.356 e. The Labute approximate surface area is 144 Å². The van der Waals surface area contributed by atoms with Gasteiger partial charge in [0.15, 0.2) is 14.8 Å². The zero-order valence-electron chi connectivity index (χ0n) is 13.3. The summed E-state index contributed by atoms with van der Waals surface area (Å²) in [5, 5.41) is 11.6. The summed E-state index contributed by atoms with van der Waals surface area (Å²) in [5.41, 5.74) is -0.178. The summed E-state index contributed by atoms with van der Waals surface area (Å²) in [6.45, 7) is 2.20. The van der Waals surface area contributed by atoms with E-state index in [1.165, 1.54) is 0 Å². The molecule has 2 fully saturated rings. The van der Waals surface area contributed by atoms with E-state index in [1.54, 1.807) is 0 Å². The van der Waals surface area contributed by atoms with Gasteiger partial charge in [0, 0.05) is 44.4 Å². The lowest BCUT2D eigenvalue weighted by Crippen LogP contribution is -2.36. The topological polar surface area (TPSA) is 101 Å². The zero-order chi connectivity index (χ0) is 17.5. The number of anilines is 1. The molecule has 0 aromatic carbocycles. The molecule has 1 aliphatic carbocycles. The minimum absolute atomic E-state index is 0.000593. The van der Waals surface area contributed by atoms with Crippen LogP contribution in [0.25, 0.3) is 0 Å². The highest BCUT2D eigenvalue weighted by atomic mass is 32.2. The minimum atomic E-state index is -3.49. The third-order valence-corrected chi connectivity index (χ3v) is 7.24. The second kappa shape index (κ2) is 6.32. The molecule has 1 aliphatic heterocycles. The van der Waals surface area contributed by atoms with Crippen molar-refractivity contribution >= 4 is 37.8 Å². The Balaban J connectivity index is 1.82. The van der Waals surface area contributed by atoms with Crippen molar-refractivity contribution in [2.24, 2.45) is 5.92 Å². The van der Waals surface area contributed by atoms with Crippen molar-refractivity contribution in [2.45, 2.75) is 23.5 Å². The average molecular weight is 373 g/mol. The third-order valence-electron chi connectivity index (χ3n) is 4.25. The number of hydrogen-bond donors (Lipinski definition) is 0. The van der Waals surface area contributed by atoms with Gasteiger partial charge in [-0.05, 0) is 19.3 Å². The molecule has 8 nitrogen and oxygen atoms in total. The van der Waals surface area contributed by atoms with E-state index in [0.717, 1.165) is 36.5 Å². The molecule has 0 radical (unpaired) electrons. The molecule has 1 aromatic heterocycles. The Bertz CT molecular complexity index is 769. The van der Waals surface area contributed by atoms with E-state index in [1.807, 2.05) is 9.80 Å². The quantitative estimate of drug-likeness (QED) is 0.586. The number of nitrogens with zero attached hydrogens (tertiary/aromatic N) is 3. The molecular weight excluding hydrogens is 354 g/mol. The van der Waals surface area contributed by atoms with E-state index in [9.17, 15) is 23.3 Å². The molecule has 0 N–H and O–H groups in total. The van der Waals surface area contributed by atoms with Gasteiger partial charge in [0.25, 0.3) is 0 Å². The predicted octanol–water partition coefficient (Wildman–Crippen LogP) is 1.51. The van der Waals surface area contributed by atoms with Crippen LogP contribution in [0.5, 0.6) is 0 Å². The summed E-state index contributed by atoms with van der Waals surface area (Å²) in [6, 6.07) is 1.13. The van der Waals surface area contributed by atoms with Gasteiger partial charge in [0.05, 0.1) is 4.92 Å². The van der Waals surface area contributed by atoms with E-state index in [4.69, 9.17) is 0 Å². The zero-order valence-corrected chi connectivity index (χ0v) is 14.9. The van der Waals surface area contributed by atoms with E-state index in [-0.39, 0.29) is 21.7 Å². The molecule has 1 amide bonds. The fourth-order valence-electron chi connectivity index (χ4n) is 2.82. The molecule has 0 unspecified atom stereocenters. The molecule has 0 atom stereocenters. The molecule has 1 aromatic rings. The number of thiophene rings is 1. The maximum Gasteiger partial charge on any atom is 0.305 e. The Hall–Kier alpha value is -1.68. The monoisotopic (exact) mass is 373 g/mol. The smallest absolute Gasteiger partial charge is 0.305 e. The van der Waals surface area contributed by atoms with Gasteiger partial charge in [0.1, 0.15) is 4.21 Å². The molecule has 24 heavy (non-hydrogen) atoms. The van der Waals surface area contributed by atoms with Crippen LogP contribution in [0.4, 0.5) is 10.7 Å². The number of sulfone groups is 1. The molecule has 2 heterocycles. The molecular formula is C14H19N3O5S2. The standard InChI is InChI=1S/C14H19N3O5S2/c1-24(21,22)12-9-11(17(19)20)14(23-12)16-6-2-5-15(7-8-16)13(18)10-3-4-10/h9-10H,2-8H2,1H3. The summed E-state index contributed by atoms with van der Waals surface area (Å²) in [5.74, 6) is 0.332. The van der Waals surface area contributed by atoms with Crippen LogP contribution < -0.4 is 4.90 Å². The van der Waals surface area contributed by atoms with Gasteiger partial charge in [-0.15, -0.1) is 0 Å². The molecule has 3 rings (SSSR count). The van der Waals surface area contributed by atoms with E-state index >= 15 is 0 Å². The van der Waals surface area contributed by atoms with Gasteiger partial charge in [-0.3, -0.25) is 14.9 Å². The fraction of sp³-hybridized carbons (Fsp3) is 0.643. The lowest BCUT2D eigenvalue weighted by molar-refractivity contribution is -0.383. The van der Waals surface area contributed by atoms with Gasteiger partial charge in [0.2, 0.25) is 5.91 Å². The molecule has 10 heteroatoms. The first-order chi connectivity index (χ1) is 11.3. The van der Waals surface area contributed by atoms with Crippen molar-refractivity contribution in [1.29, 1.82) is 0 Å². The molecule has 0 bridgehead atoms. The number of carbonyl (C=O) groups is 1. The number of nitro groups is 1. The lowest BCUT2D eigenvalue weighted by atomic mass is 10.3. The highest BCUT2D eigenvalue weighted by molar-refractivity contribution is 7.92. The molecule has 1 saturated carbocycles. The van der Waals surface area contributed by atoms with E-state index < -0.39 is 14.8 Å². The maximum atomic E-state index is 12.2. The van der Waals surface area contributed by atoms with Crippen molar-refractivity contribution in [3.63, 3.8) is 0 Å². The molecule has 2 aliphatic rings. The second-order valence-corrected chi connectivity index (χ2v) is 9.50. The Morgan fingerprint density at radius 2 is 2.00 bits per heavy atom. The first-order valence-electron chi connectivity index (χ1n) is 7.79. The summed E-state index contributed by atoms with van der Waals surface area (Å²) in [7, 11) is -3.49. The lowest BCUT2D eigenvalue weighted by Gasteiger charge is -2.22. The first-order valence-corrected chi connectivity index (χ1v) is 10.5. The number of carbonyl (C=O) groups excluding carboxylic acids is 1. The Morgan fingerprint density at radius 1 is 1.29 bits per heavy atom. The normalized spacial score (nSPS) is 19.2. The van der Waals surface area contributed by atoms with Crippen molar-refractivity contribution in [1.82, 2.24) is 4.90 Å².